The first-order valence-electron chi connectivity index (χ1n) is 4.37. The van der Waals surface area contributed by atoms with Gasteiger partial charge in [-0.25, -0.2) is 4.98 Å². The van der Waals surface area contributed by atoms with E-state index in [4.69, 9.17) is 9.47 Å². The molecule has 0 aliphatic rings. The largest absolute Gasteiger partial charge is 0.474 e. The molecule has 0 N–H and O–H groups in total. The molecule has 1 aromatic heterocycles. The molecule has 4 nitrogen and oxygen atoms in total. The number of hydrogen-bond acceptors (Lipinski definition) is 4. The Bertz CT molecular complexity index is 295. The Hall–Kier alpha value is -1.58. The Morgan fingerprint density at radius 1 is 1.43 bits per heavy atom. The molecule has 0 saturated heterocycles. The van der Waals surface area contributed by atoms with Crippen molar-refractivity contribution < 1.29 is 14.3 Å². The Balaban J connectivity index is 2.25. The quantitative estimate of drug-likeness (QED) is 0.537. The van der Waals surface area contributed by atoms with E-state index in [2.05, 4.69) is 4.98 Å². The summed E-state index contributed by atoms with van der Waals surface area (Å²) in [6.45, 7) is 3.90. The van der Waals surface area contributed by atoms with Crippen molar-refractivity contribution in [1.82, 2.24) is 4.98 Å². The maximum absolute atomic E-state index is 10.4. The van der Waals surface area contributed by atoms with Gasteiger partial charge in [-0.1, -0.05) is 6.07 Å². The average molecular weight is 195 g/mol. The second kappa shape index (κ2) is 5.21. The number of rotatable bonds is 4. The van der Waals surface area contributed by atoms with Crippen LogP contribution in [0.5, 0.6) is 5.88 Å². The van der Waals surface area contributed by atoms with Crippen molar-refractivity contribution in [2.75, 3.05) is 13.2 Å². The lowest BCUT2D eigenvalue weighted by atomic mass is 10.3. The van der Waals surface area contributed by atoms with E-state index in [0.29, 0.717) is 12.5 Å². The van der Waals surface area contributed by atoms with Crippen LogP contribution in [-0.4, -0.2) is 24.2 Å². The zero-order chi connectivity index (χ0) is 10.4. The third kappa shape index (κ3) is 3.89. The van der Waals surface area contributed by atoms with Crippen LogP contribution in [0.2, 0.25) is 0 Å². The lowest BCUT2D eigenvalue weighted by molar-refractivity contribution is -0.141. The number of aromatic nitrogens is 1. The Morgan fingerprint density at radius 3 is 2.79 bits per heavy atom. The molecule has 0 amide bonds. The fourth-order valence-corrected chi connectivity index (χ4v) is 0.871. The highest BCUT2D eigenvalue weighted by molar-refractivity contribution is 5.65. The van der Waals surface area contributed by atoms with Gasteiger partial charge in [-0.2, -0.15) is 0 Å². The molecule has 0 radical (unpaired) electrons. The molecular formula is C10H13NO3. The zero-order valence-corrected chi connectivity index (χ0v) is 8.32. The molecule has 0 aromatic carbocycles. The SMILES string of the molecule is CC(=O)OCCOc1ccc(C)cn1. The summed E-state index contributed by atoms with van der Waals surface area (Å²) in [5.74, 6) is 0.244. The molecule has 76 valence electrons. The van der Waals surface area contributed by atoms with Gasteiger partial charge in [-0.05, 0) is 12.5 Å². The van der Waals surface area contributed by atoms with E-state index in [1.165, 1.54) is 6.92 Å². The van der Waals surface area contributed by atoms with Crippen molar-refractivity contribution in [2.45, 2.75) is 13.8 Å². The first-order chi connectivity index (χ1) is 6.68. The van der Waals surface area contributed by atoms with Gasteiger partial charge >= 0.3 is 5.97 Å². The van der Waals surface area contributed by atoms with Crippen LogP contribution in [0.25, 0.3) is 0 Å². The second-order valence-electron chi connectivity index (χ2n) is 2.86. The van der Waals surface area contributed by atoms with Gasteiger partial charge in [0.1, 0.15) is 13.2 Å². The number of aryl methyl sites for hydroxylation is 1. The lowest BCUT2D eigenvalue weighted by Gasteiger charge is -2.04. The van der Waals surface area contributed by atoms with Crippen LogP contribution in [0.3, 0.4) is 0 Å². The molecule has 14 heavy (non-hydrogen) atoms. The van der Waals surface area contributed by atoms with Crippen molar-refractivity contribution in [3.63, 3.8) is 0 Å². The Labute approximate surface area is 82.9 Å². The summed E-state index contributed by atoms with van der Waals surface area (Å²) in [5, 5.41) is 0. The van der Waals surface area contributed by atoms with Crippen LogP contribution >= 0.6 is 0 Å². The predicted octanol–water partition coefficient (Wildman–Crippen LogP) is 1.33. The van der Waals surface area contributed by atoms with Crippen LogP contribution in [0.1, 0.15) is 12.5 Å². The molecule has 0 atom stereocenters. The summed E-state index contributed by atoms with van der Waals surface area (Å²) in [6.07, 6.45) is 1.72. The highest BCUT2D eigenvalue weighted by Gasteiger charge is 1.96. The van der Waals surface area contributed by atoms with Gasteiger partial charge in [-0.15, -0.1) is 0 Å². The predicted molar refractivity (Wildman–Crippen MR) is 51.1 cm³/mol. The molecule has 0 fully saturated rings. The van der Waals surface area contributed by atoms with Crippen molar-refractivity contribution in [3.8, 4) is 5.88 Å². The number of ether oxygens (including phenoxy) is 2. The van der Waals surface area contributed by atoms with E-state index in [-0.39, 0.29) is 12.6 Å². The molecule has 0 saturated carbocycles. The zero-order valence-electron chi connectivity index (χ0n) is 8.32. The third-order valence-corrected chi connectivity index (χ3v) is 1.52. The van der Waals surface area contributed by atoms with Gasteiger partial charge in [0.2, 0.25) is 5.88 Å². The summed E-state index contributed by atoms with van der Waals surface area (Å²) in [6, 6.07) is 3.69. The third-order valence-electron chi connectivity index (χ3n) is 1.52. The number of nitrogens with zero attached hydrogens (tertiary/aromatic N) is 1. The van der Waals surface area contributed by atoms with E-state index in [1.54, 1.807) is 12.3 Å². The first kappa shape index (κ1) is 10.5. The number of carbonyl (C=O) groups excluding carboxylic acids is 1. The standard InChI is InChI=1S/C10H13NO3/c1-8-3-4-10(11-7-8)14-6-5-13-9(2)12/h3-4,7H,5-6H2,1-2H3. The van der Waals surface area contributed by atoms with Crippen molar-refractivity contribution >= 4 is 5.97 Å². The number of esters is 1. The van der Waals surface area contributed by atoms with Gasteiger partial charge in [-0.3, -0.25) is 4.79 Å². The average Bonchev–Trinajstić information content (AvgIpc) is 2.15. The van der Waals surface area contributed by atoms with Gasteiger partial charge in [0.15, 0.2) is 0 Å². The molecule has 0 bridgehead atoms. The van der Waals surface area contributed by atoms with Gasteiger partial charge in [0.05, 0.1) is 0 Å². The minimum atomic E-state index is -0.300. The van der Waals surface area contributed by atoms with Gasteiger partial charge < -0.3 is 9.47 Å². The number of carbonyl (C=O) groups is 1. The minimum Gasteiger partial charge on any atom is -0.474 e. The van der Waals surface area contributed by atoms with E-state index >= 15 is 0 Å². The lowest BCUT2D eigenvalue weighted by Crippen LogP contribution is -2.09. The highest BCUT2D eigenvalue weighted by Crippen LogP contribution is 2.05. The van der Waals surface area contributed by atoms with E-state index in [1.807, 2.05) is 13.0 Å². The van der Waals surface area contributed by atoms with Crippen molar-refractivity contribution in [3.05, 3.63) is 23.9 Å². The van der Waals surface area contributed by atoms with Gasteiger partial charge in [0.25, 0.3) is 0 Å². The molecule has 0 spiro atoms. The molecular weight excluding hydrogens is 182 g/mol. The molecule has 0 unspecified atom stereocenters. The van der Waals surface area contributed by atoms with Crippen LogP contribution in [-0.2, 0) is 9.53 Å². The molecule has 1 rings (SSSR count). The monoisotopic (exact) mass is 195 g/mol. The summed E-state index contributed by atoms with van der Waals surface area (Å²) in [4.78, 5) is 14.4. The number of pyridine rings is 1. The molecule has 1 aromatic rings. The summed E-state index contributed by atoms with van der Waals surface area (Å²) < 4.78 is 9.92. The van der Waals surface area contributed by atoms with Gasteiger partial charge in [0, 0.05) is 19.2 Å². The van der Waals surface area contributed by atoms with Crippen molar-refractivity contribution in [1.29, 1.82) is 0 Å². The Morgan fingerprint density at radius 2 is 2.21 bits per heavy atom. The van der Waals surface area contributed by atoms with E-state index in [9.17, 15) is 4.79 Å². The molecule has 4 heteroatoms. The highest BCUT2D eigenvalue weighted by atomic mass is 16.6. The van der Waals surface area contributed by atoms with Crippen LogP contribution in [0, 0.1) is 6.92 Å². The summed E-state index contributed by atoms with van der Waals surface area (Å²) in [7, 11) is 0. The number of hydrogen-bond donors (Lipinski definition) is 0. The second-order valence-corrected chi connectivity index (χ2v) is 2.86. The fourth-order valence-electron chi connectivity index (χ4n) is 0.871. The maximum atomic E-state index is 10.4. The topological polar surface area (TPSA) is 48.4 Å². The summed E-state index contributed by atoms with van der Waals surface area (Å²) >= 11 is 0. The van der Waals surface area contributed by atoms with Crippen LogP contribution in [0.4, 0.5) is 0 Å². The van der Waals surface area contributed by atoms with Crippen molar-refractivity contribution in [2.24, 2.45) is 0 Å². The van der Waals surface area contributed by atoms with Crippen LogP contribution in [0.15, 0.2) is 18.3 Å². The fraction of sp³-hybridized carbons (Fsp3) is 0.400. The molecule has 0 aliphatic heterocycles. The Kier molecular flexibility index (Phi) is 3.91. The minimum absolute atomic E-state index is 0.255. The normalized spacial score (nSPS) is 9.57. The summed E-state index contributed by atoms with van der Waals surface area (Å²) in [5.41, 5.74) is 1.08. The van der Waals surface area contributed by atoms with E-state index < -0.39 is 0 Å². The smallest absolute Gasteiger partial charge is 0.302 e. The maximum Gasteiger partial charge on any atom is 0.302 e. The van der Waals surface area contributed by atoms with E-state index in [0.717, 1.165) is 5.56 Å². The molecule has 0 aliphatic carbocycles. The first-order valence-corrected chi connectivity index (χ1v) is 4.37. The van der Waals surface area contributed by atoms with Crippen LogP contribution < -0.4 is 4.74 Å². The molecule has 1 heterocycles.